The summed E-state index contributed by atoms with van der Waals surface area (Å²) in [6.07, 6.45) is 5.30. The molecule has 2 aromatic heterocycles. The van der Waals surface area contributed by atoms with Crippen LogP contribution >= 0.6 is 15.9 Å². The lowest BCUT2D eigenvalue weighted by atomic mass is 10.1. The highest BCUT2D eigenvalue weighted by atomic mass is 79.9. The largest absolute Gasteiger partial charge is 0.466 e. The number of rotatable bonds is 5. The highest BCUT2D eigenvalue weighted by Crippen LogP contribution is 2.28. The van der Waals surface area contributed by atoms with Gasteiger partial charge in [-0.2, -0.15) is 0 Å². The van der Waals surface area contributed by atoms with Crippen molar-refractivity contribution in [3.05, 3.63) is 52.7 Å². The van der Waals surface area contributed by atoms with Crippen LogP contribution in [0.1, 0.15) is 17.4 Å². The fourth-order valence-corrected chi connectivity index (χ4v) is 2.39. The fourth-order valence-electron chi connectivity index (χ4n) is 1.92. The van der Waals surface area contributed by atoms with E-state index in [4.69, 9.17) is 10.2 Å². The van der Waals surface area contributed by atoms with E-state index < -0.39 is 0 Å². The Bertz CT molecular complexity index is 486. The van der Waals surface area contributed by atoms with Gasteiger partial charge in [-0.25, -0.2) is 0 Å². The summed E-state index contributed by atoms with van der Waals surface area (Å²) in [4.78, 5) is 6.27. The molecule has 0 spiro atoms. The van der Waals surface area contributed by atoms with Crippen molar-refractivity contribution in [3.8, 4) is 0 Å². The van der Waals surface area contributed by atoms with Gasteiger partial charge in [0.1, 0.15) is 5.76 Å². The lowest BCUT2D eigenvalue weighted by Crippen LogP contribution is -2.30. The van der Waals surface area contributed by atoms with Crippen molar-refractivity contribution in [3.63, 3.8) is 0 Å². The first-order valence-electron chi connectivity index (χ1n) is 5.74. The third-order valence-electron chi connectivity index (χ3n) is 2.86. The summed E-state index contributed by atoms with van der Waals surface area (Å²) < 4.78 is 6.45. The van der Waals surface area contributed by atoms with Crippen LogP contribution in [0, 0.1) is 0 Å². The van der Waals surface area contributed by atoms with Crippen molar-refractivity contribution < 1.29 is 4.42 Å². The van der Waals surface area contributed by atoms with Gasteiger partial charge in [0.2, 0.25) is 0 Å². The molecule has 2 heterocycles. The first kappa shape index (κ1) is 13.3. The second-order valence-corrected chi connectivity index (χ2v) is 5.02. The molecule has 0 fully saturated rings. The molecule has 96 valence electrons. The molecule has 4 nitrogen and oxygen atoms in total. The van der Waals surface area contributed by atoms with Crippen LogP contribution in [0.15, 0.2) is 45.7 Å². The van der Waals surface area contributed by atoms with Gasteiger partial charge in [-0.1, -0.05) is 6.07 Å². The molecule has 0 aromatic carbocycles. The van der Waals surface area contributed by atoms with E-state index in [0.29, 0.717) is 6.54 Å². The van der Waals surface area contributed by atoms with Crippen LogP contribution in [-0.4, -0.2) is 23.5 Å². The maximum Gasteiger partial charge on any atom is 0.136 e. The Hall–Kier alpha value is -1.17. The van der Waals surface area contributed by atoms with Crippen LogP contribution in [0.5, 0.6) is 0 Å². The first-order chi connectivity index (χ1) is 8.72. The van der Waals surface area contributed by atoms with Crippen LogP contribution in [0.4, 0.5) is 0 Å². The van der Waals surface area contributed by atoms with E-state index in [0.717, 1.165) is 22.3 Å². The third-order valence-corrected chi connectivity index (χ3v) is 3.51. The summed E-state index contributed by atoms with van der Waals surface area (Å²) in [5.41, 5.74) is 7.00. The lowest BCUT2D eigenvalue weighted by molar-refractivity contribution is 0.211. The monoisotopic (exact) mass is 309 g/mol. The second kappa shape index (κ2) is 6.13. The van der Waals surface area contributed by atoms with E-state index in [1.807, 2.05) is 31.4 Å². The molecule has 0 saturated carbocycles. The molecule has 1 unspecified atom stereocenters. The zero-order chi connectivity index (χ0) is 13.0. The summed E-state index contributed by atoms with van der Waals surface area (Å²) in [7, 11) is 2.03. The molecule has 0 aliphatic rings. The number of furan rings is 1. The Balaban J connectivity index is 2.11. The molecule has 0 saturated heterocycles. The first-order valence-corrected chi connectivity index (χ1v) is 6.53. The molecule has 2 N–H and O–H groups in total. The summed E-state index contributed by atoms with van der Waals surface area (Å²) in [6.45, 7) is 1.28. The predicted octanol–water partition coefficient (Wildman–Crippen LogP) is 2.57. The summed E-state index contributed by atoms with van der Waals surface area (Å²) in [6, 6.07) is 5.92. The maximum absolute atomic E-state index is 5.85. The van der Waals surface area contributed by atoms with Gasteiger partial charge in [0, 0.05) is 25.5 Å². The summed E-state index contributed by atoms with van der Waals surface area (Å²) in [5, 5.41) is 0. The topological polar surface area (TPSA) is 55.3 Å². The molecule has 1 atom stereocenters. The number of hydrogen-bond donors (Lipinski definition) is 1. The SMILES string of the molecule is CN(Cc1cccnc1)C(CN)c1occc1Br. The zero-order valence-corrected chi connectivity index (χ0v) is 11.8. The molecule has 2 aromatic rings. The average molecular weight is 310 g/mol. The lowest BCUT2D eigenvalue weighted by Gasteiger charge is -2.25. The van der Waals surface area contributed by atoms with Gasteiger partial charge in [0.05, 0.1) is 16.8 Å². The van der Waals surface area contributed by atoms with Crippen LogP contribution < -0.4 is 5.73 Å². The minimum absolute atomic E-state index is 0.0505. The molecule has 0 bridgehead atoms. The highest BCUT2D eigenvalue weighted by Gasteiger charge is 2.21. The van der Waals surface area contributed by atoms with Crippen molar-refractivity contribution in [2.45, 2.75) is 12.6 Å². The van der Waals surface area contributed by atoms with Crippen molar-refractivity contribution in [2.24, 2.45) is 5.73 Å². The number of nitrogens with two attached hydrogens (primary N) is 1. The predicted molar refractivity (Wildman–Crippen MR) is 73.9 cm³/mol. The van der Waals surface area contributed by atoms with E-state index in [1.165, 1.54) is 0 Å². The Morgan fingerprint density at radius 1 is 1.50 bits per heavy atom. The number of aromatic nitrogens is 1. The minimum Gasteiger partial charge on any atom is -0.466 e. The Kier molecular flexibility index (Phi) is 4.52. The van der Waals surface area contributed by atoms with Gasteiger partial charge in [0.25, 0.3) is 0 Å². The molecule has 2 rings (SSSR count). The third kappa shape index (κ3) is 2.98. The zero-order valence-electron chi connectivity index (χ0n) is 10.2. The fraction of sp³-hybridized carbons (Fsp3) is 0.308. The smallest absolute Gasteiger partial charge is 0.136 e. The number of nitrogens with zero attached hydrogens (tertiary/aromatic N) is 2. The molecular weight excluding hydrogens is 294 g/mol. The Morgan fingerprint density at radius 2 is 2.33 bits per heavy atom. The Morgan fingerprint density at radius 3 is 2.89 bits per heavy atom. The van der Waals surface area contributed by atoms with Gasteiger partial charge in [-0.15, -0.1) is 0 Å². The standard InChI is InChI=1S/C13H16BrN3O/c1-17(9-10-3-2-5-16-8-10)12(7-15)13-11(14)4-6-18-13/h2-6,8,12H,7,9,15H2,1H3. The van der Waals surface area contributed by atoms with E-state index in [2.05, 4.69) is 25.8 Å². The maximum atomic E-state index is 5.85. The normalized spacial score (nSPS) is 12.9. The van der Waals surface area contributed by atoms with Crippen LogP contribution in [0.25, 0.3) is 0 Å². The quantitative estimate of drug-likeness (QED) is 0.922. The molecule has 0 radical (unpaired) electrons. The average Bonchev–Trinajstić information content (AvgIpc) is 2.78. The van der Waals surface area contributed by atoms with E-state index in [9.17, 15) is 0 Å². The van der Waals surface area contributed by atoms with E-state index >= 15 is 0 Å². The molecule has 0 aliphatic heterocycles. The van der Waals surface area contributed by atoms with E-state index in [1.54, 1.807) is 12.5 Å². The molecule has 0 amide bonds. The van der Waals surface area contributed by atoms with Gasteiger partial charge in [-0.05, 0) is 40.7 Å². The molecule has 0 aliphatic carbocycles. The Labute approximate surface area is 115 Å². The summed E-state index contributed by atoms with van der Waals surface area (Å²) >= 11 is 3.47. The number of halogens is 1. The van der Waals surface area contributed by atoms with Gasteiger partial charge >= 0.3 is 0 Å². The van der Waals surface area contributed by atoms with Crippen LogP contribution in [0.2, 0.25) is 0 Å². The highest BCUT2D eigenvalue weighted by molar-refractivity contribution is 9.10. The van der Waals surface area contributed by atoms with Gasteiger partial charge in [0.15, 0.2) is 0 Å². The van der Waals surface area contributed by atoms with Crippen LogP contribution in [0.3, 0.4) is 0 Å². The van der Waals surface area contributed by atoms with Gasteiger partial charge in [-0.3, -0.25) is 9.88 Å². The van der Waals surface area contributed by atoms with Crippen LogP contribution in [-0.2, 0) is 6.54 Å². The van der Waals surface area contributed by atoms with Gasteiger partial charge < -0.3 is 10.2 Å². The van der Waals surface area contributed by atoms with Crippen molar-refractivity contribution in [2.75, 3.05) is 13.6 Å². The minimum atomic E-state index is 0.0505. The summed E-state index contributed by atoms with van der Waals surface area (Å²) in [5.74, 6) is 0.865. The molecule has 5 heteroatoms. The van der Waals surface area contributed by atoms with E-state index in [-0.39, 0.29) is 6.04 Å². The number of pyridine rings is 1. The van der Waals surface area contributed by atoms with Crippen molar-refractivity contribution in [1.82, 2.24) is 9.88 Å². The molecular formula is C13H16BrN3O. The van der Waals surface area contributed by atoms with Crippen molar-refractivity contribution >= 4 is 15.9 Å². The second-order valence-electron chi connectivity index (χ2n) is 4.16. The number of likely N-dealkylation sites (N-methyl/N-ethyl adjacent to an activating group) is 1. The molecule has 18 heavy (non-hydrogen) atoms. The number of hydrogen-bond acceptors (Lipinski definition) is 4. The van der Waals surface area contributed by atoms with Crippen molar-refractivity contribution in [1.29, 1.82) is 0 Å².